The predicted octanol–water partition coefficient (Wildman–Crippen LogP) is 2.06. The van der Waals surface area contributed by atoms with Crippen LogP contribution in [0, 0.1) is 0 Å². The fourth-order valence-electron chi connectivity index (χ4n) is 4.54. The maximum atomic E-state index is 12.6. The first-order valence-corrected chi connectivity index (χ1v) is 11.2. The molecule has 2 N–H and O–H groups in total. The van der Waals surface area contributed by atoms with Crippen molar-refractivity contribution in [3.05, 3.63) is 59.7 Å². The van der Waals surface area contributed by atoms with Crippen LogP contribution in [0.15, 0.2) is 48.5 Å². The van der Waals surface area contributed by atoms with Crippen LogP contribution in [0.1, 0.15) is 30.4 Å². The number of benzene rings is 2. The predicted molar refractivity (Wildman–Crippen MR) is 123 cm³/mol. The molecule has 0 unspecified atom stereocenters. The summed E-state index contributed by atoms with van der Waals surface area (Å²) in [6.45, 7) is 1.77. The van der Waals surface area contributed by atoms with Gasteiger partial charge in [-0.2, -0.15) is 0 Å². The standard InChI is InChI=1S/C25H27N3O6/c1-16(12-22(29)27-10-11-28(14-24(31)32)23(30)13-27)26-25(33)34-15-21-19-8-4-2-6-17(19)18-7-3-5-9-20(18)21/h2-9,16,21H,10-15H2,1H3,(H,26,33)(H,31,32)/t16-/m0/s1. The van der Waals surface area contributed by atoms with E-state index in [1.165, 1.54) is 9.80 Å². The Kier molecular flexibility index (Phi) is 6.81. The van der Waals surface area contributed by atoms with E-state index in [0.717, 1.165) is 22.3 Å². The van der Waals surface area contributed by atoms with Crippen molar-refractivity contribution >= 4 is 23.9 Å². The fraction of sp³-hybridized carbons (Fsp3) is 0.360. The van der Waals surface area contributed by atoms with E-state index in [-0.39, 0.29) is 51.0 Å². The zero-order chi connectivity index (χ0) is 24.2. The van der Waals surface area contributed by atoms with Gasteiger partial charge in [0.25, 0.3) is 0 Å². The third-order valence-corrected chi connectivity index (χ3v) is 6.19. The second-order valence-corrected chi connectivity index (χ2v) is 8.60. The lowest BCUT2D eigenvalue weighted by molar-refractivity contribution is -0.150. The van der Waals surface area contributed by atoms with E-state index in [1.54, 1.807) is 6.92 Å². The van der Waals surface area contributed by atoms with Crippen molar-refractivity contribution in [2.45, 2.75) is 25.3 Å². The van der Waals surface area contributed by atoms with Crippen LogP contribution in [-0.4, -0.2) is 77.6 Å². The summed E-state index contributed by atoms with van der Waals surface area (Å²) in [6, 6.07) is 15.6. The molecule has 3 amide bonds. The van der Waals surface area contributed by atoms with E-state index < -0.39 is 24.0 Å². The topological polar surface area (TPSA) is 116 Å². The number of aliphatic carboxylic acids is 1. The molecule has 1 atom stereocenters. The number of carbonyl (C=O) groups excluding carboxylic acids is 3. The number of amides is 3. The second-order valence-electron chi connectivity index (χ2n) is 8.60. The molecule has 1 aliphatic heterocycles. The zero-order valence-electron chi connectivity index (χ0n) is 18.9. The van der Waals surface area contributed by atoms with Gasteiger partial charge in [0, 0.05) is 31.5 Å². The first-order valence-electron chi connectivity index (χ1n) is 11.2. The number of nitrogens with zero attached hydrogens (tertiary/aromatic N) is 2. The number of carboxylic acids is 1. The molecule has 0 saturated carbocycles. The van der Waals surface area contributed by atoms with Gasteiger partial charge in [0.05, 0.1) is 6.54 Å². The van der Waals surface area contributed by atoms with Crippen LogP contribution in [0.3, 0.4) is 0 Å². The van der Waals surface area contributed by atoms with Gasteiger partial charge in [0.1, 0.15) is 13.2 Å². The lowest BCUT2D eigenvalue weighted by atomic mass is 9.98. The van der Waals surface area contributed by atoms with Gasteiger partial charge < -0.3 is 25.0 Å². The normalized spacial score (nSPS) is 16.0. The second kappa shape index (κ2) is 9.94. The summed E-state index contributed by atoms with van der Waals surface area (Å²) in [5, 5.41) is 11.5. The summed E-state index contributed by atoms with van der Waals surface area (Å²) in [6.07, 6.45) is -0.597. The maximum absolute atomic E-state index is 12.6. The number of carbonyl (C=O) groups is 4. The average molecular weight is 466 g/mol. The molecule has 34 heavy (non-hydrogen) atoms. The lowest BCUT2D eigenvalue weighted by Crippen LogP contribution is -2.54. The third-order valence-electron chi connectivity index (χ3n) is 6.19. The maximum Gasteiger partial charge on any atom is 0.407 e. The molecular formula is C25H27N3O6. The molecule has 2 aromatic rings. The van der Waals surface area contributed by atoms with Gasteiger partial charge in [0.15, 0.2) is 0 Å². The van der Waals surface area contributed by atoms with E-state index in [0.29, 0.717) is 0 Å². The minimum absolute atomic E-state index is 0.0103. The zero-order valence-corrected chi connectivity index (χ0v) is 18.9. The Hall–Kier alpha value is -3.88. The molecule has 1 aliphatic carbocycles. The first-order chi connectivity index (χ1) is 16.3. The van der Waals surface area contributed by atoms with Crippen LogP contribution in [0.5, 0.6) is 0 Å². The number of carboxylic acid groups (broad SMARTS) is 1. The van der Waals surface area contributed by atoms with E-state index in [9.17, 15) is 19.2 Å². The molecular weight excluding hydrogens is 438 g/mol. The van der Waals surface area contributed by atoms with Crippen molar-refractivity contribution in [3.63, 3.8) is 0 Å². The average Bonchev–Trinajstić information content (AvgIpc) is 3.12. The molecule has 1 heterocycles. The Morgan fingerprint density at radius 2 is 1.68 bits per heavy atom. The number of nitrogens with one attached hydrogen (secondary N) is 1. The van der Waals surface area contributed by atoms with Crippen LogP contribution in [0.2, 0.25) is 0 Å². The fourth-order valence-corrected chi connectivity index (χ4v) is 4.54. The van der Waals surface area contributed by atoms with E-state index in [4.69, 9.17) is 9.84 Å². The Morgan fingerprint density at radius 1 is 1.06 bits per heavy atom. The molecule has 9 heteroatoms. The molecule has 1 fully saturated rings. The van der Waals surface area contributed by atoms with Gasteiger partial charge in [-0.15, -0.1) is 0 Å². The molecule has 4 rings (SSSR count). The summed E-state index contributed by atoms with van der Waals surface area (Å²) < 4.78 is 5.51. The number of piperazine rings is 1. The van der Waals surface area contributed by atoms with Crippen molar-refractivity contribution in [3.8, 4) is 11.1 Å². The summed E-state index contributed by atoms with van der Waals surface area (Å²) >= 11 is 0. The van der Waals surface area contributed by atoms with Gasteiger partial charge in [-0.3, -0.25) is 14.4 Å². The Morgan fingerprint density at radius 3 is 2.26 bits per heavy atom. The van der Waals surface area contributed by atoms with E-state index in [1.807, 2.05) is 36.4 Å². The molecule has 2 aliphatic rings. The highest BCUT2D eigenvalue weighted by Crippen LogP contribution is 2.44. The summed E-state index contributed by atoms with van der Waals surface area (Å²) in [5.74, 6) is -1.83. The first kappa shape index (κ1) is 23.3. The minimum atomic E-state index is -1.09. The lowest BCUT2D eigenvalue weighted by Gasteiger charge is -2.34. The highest BCUT2D eigenvalue weighted by atomic mass is 16.5. The highest BCUT2D eigenvalue weighted by molar-refractivity contribution is 5.88. The van der Waals surface area contributed by atoms with Crippen LogP contribution in [-0.2, 0) is 19.1 Å². The van der Waals surface area contributed by atoms with Gasteiger partial charge in [0.2, 0.25) is 11.8 Å². The SMILES string of the molecule is C[C@@H](CC(=O)N1CCN(CC(=O)O)C(=O)C1)NC(=O)OCC1c2ccccc2-c2ccccc21. The molecule has 9 nitrogen and oxygen atoms in total. The molecule has 178 valence electrons. The molecule has 0 spiro atoms. The summed E-state index contributed by atoms with van der Waals surface area (Å²) in [7, 11) is 0. The molecule has 2 aromatic carbocycles. The van der Waals surface area contributed by atoms with Crippen LogP contribution < -0.4 is 5.32 Å². The number of hydrogen-bond acceptors (Lipinski definition) is 5. The van der Waals surface area contributed by atoms with Crippen molar-refractivity contribution in [2.24, 2.45) is 0 Å². The van der Waals surface area contributed by atoms with Gasteiger partial charge in [-0.05, 0) is 29.2 Å². The molecule has 1 saturated heterocycles. The monoisotopic (exact) mass is 465 g/mol. The number of ether oxygens (including phenoxy) is 1. The number of hydrogen-bond donors (Lipinski definition) is 2. The summed E-state index contributed by atoms with van der Waals surface area (Å²) in [5.41, 5.74) is 4.52. The third kappa shape index (κ3) is 5.03. The number of rotatable bonds is 7. The van der Waals surface area contributed by atoms with E-state index in [2.05, 4.69) is 17.4 Å². The number of alkyl carbamates (subject to hydrolysis) is 1. The van der Waals surface area contributed by atoms with E-state index >= 15 is 0 Å². The van der Waals surface area contributed by atoms with Gasteiger partial charge >= 0.3 is 12.1 Å². The molecule has 0 aromatic heterocycles. The Balaban J connectivity index is 1.27. The van der Waals surface area contributed by atoms with Crippen LogP contribution >= 0.6 is 0 Å². The molecule has 0 radical (unpaired) electrons. The minimum Gasteiger partial charge on any atom is -0.480 e. The largest absolute Gasteiger partial charge is 0.480 e. The quantitative estimate of drug-likeness (QED) is 0.647. The smallest absolute Gasteiger partial charge is 0.407 e. The van der Waals surface area contributed by atoms with Crippen molar-refractivity contribution < 1.29 is 29.0 Å². The van der Waals surface area contributed by atoms with Crippen LogP contribution in [0.4, 0.5) is 4.79 Å². The Labute approximate surface area is 197 Å². The highest BCUT2D eigenvalue weighted by Gasteiger charge is 2.30. The number of fused-ring (bicyclic) bond motifs is 3. The van der Waals surface area contributed by atoms with Crippen molar-refractivity contribution in [1.29, 1.82) is 0 Å². The van der Waals surface area contributed by atoms with Crippen LogP contribution in [0.25, 0.3) is 11.1 Å². The Bertz CT molecular complexity index is 1070. The van der Waals surface area contributed by atoms with Crippen molar-refractivity contribution in [2.75, 3.05) is 32.8 Å². The van der Waals surface area contributed by atoms with Gasteiger partial charge in [-0.1, -0.05) is 48.5 Å². The summed E-state index contributed by atoms with van der Waals surface area (Å²) in [4.78, 5) is 50.4. The van der Waals surface area contributed by atoms with Gasteiger partial charge in [-0.25, -0.2) is 4.79 Å². The molecule has 0 bridgehead atoms. The van der Waals surface area contributed by atoms with Crippen molar-refractivity contribution in [1.82, 2.24) is 15.1 Å².